The van der Waals surface area contributed by atoms with E-state index in [4.69, 9.17) is 4.74 Å². The molecule has 4 aliphatic heterocycles. The van der Waals surface area contributed by atoms with E-state index in [1.807, 2.05) is 27.2 Å². The van der Waals surface area contributed by atoms with Crippen LogP contribution < -0.4 is 10.9 Å². The summed E-state index contributed by atoms with van der Waals surface area (Å²) in [7, 11) is 13.0. The third kappa shape index (κ3) is 18.8. The number of pyridine rings is 1. The maximum atomic E-state index is 10.7. The minimum Gasteiger partial charge on any atom is -0.383 e. The summed E-state index contributed by atoms with van der Waals surface area (Å²) in [6.45, 7) is 5.79. The third-order valence-corrected chi connectivity index (χ3v) is 7.99. The lowest BCUT2D eigenvalue weighted by molar-refractivity contribution is -0.132. The number of hydrogen-bond donors (Lipinski definition) is 1. The van der Waals surface area contributed by atoms with Crippen LogP contribution in [0, 0.1) is 0 Å². The molecule has 14 heteroatoms. The van der Waals surface area contributed by atoms with Gasteiger partial charge < -0.3 is 34.2 Å². The summed E-state index contributed by atoms with van der Waals surface area (Å²) in [5.74, 6) is 0.604. The maximum Gasteiger partial charge on any atom is 0.317 e. The van der Waals surface area contributed by atoms with E-state index in [0.29, 0.717) is 17.9 Å². The van der Waals surface area contributed by atoms with E-state index < -0.39 is 0 Å². The van der Waals surface area contributed by atoms with E-state index in [9.17, 15) is 19.2 Å². The fourth-order valence-electron chi connectivity index (χ4n) is 4.79. The topological polar surface area (TPSA) is 138 Å². The van der Waals surface area contributed by atoms with Crippen molar-refractivity contribution in [1.29, 1.82) is 0 Å². The molecule has 0 bridgehead atoms. The second-order valence-electron chi connectivity index (χ2n) is 12.0. The van der Waals surface area contributed by atoms with Gasteiger partial charge in [-0.15, -0.1) is 0 Å². The van der Waals surface area contributed by atoms with Crippen molar-refractivity contribution in [3.05, 3.63) is 47.4 Å². The molecular weight excluding hydrogens is 602 g/mol. The molecule has 2 aromatic heterocycles. The molecule has 1 N–H and O–H groups in total. The molecule has 0 radical (unpaired) electrons. The Kier molecular flexibility index (Phi) is 21.4. The van der Waals surface area contributed by atoms with Crippen molar-refractivity contribution in [2.45, 2.75) is 63.8 Å². The Labute approximate surface area is 281 Å². The van der Waals surface area contributed by atoms with Gasteiger partial charge in [0.1, 0.15) is 12.7 Å². The number of aromatic nitrogens is 4. The lowest BCUT2D eigenvalue weighted by Gasteiger charge is -2.22. The molecular formula is C33H59N9O5. The van der Waals surface area contributed by atoms with E-state index in [0.717, 1.165) is 64.9 Å². The molecule has 6 heterocycles. The highest BCUT2D eigenvalue weighted by molar-refractivity contribution is 5.76. The zero-order chi connectivity index (χ0) is 35.0. The standard InChI is InChI=1S/C7H15NO.2C6H11NO.C6H7NO.C5H10N2O.C3H5N3/c1-8-5-3-4-7(8)6-9-2;3*1-7-5-3-2-4-6(7)8;1-7-4-2-3-6-5(7)8;1-6-3-4-2-5-6/h7H,3-6H2,1-2H3;2*2-5H2,1H3;2-5H,1H3;2-4H2,1H3,(H,6,8);2-3H,1H3/t7-;;;;;/m1...../s1. The lowest BCUT2D eigenvalue weighted by Crippen LogP contribution is -2.43. The number of amides is 4. The van der Waals surface area contributed by atoms with Crippen LogP contribution in [0.1, 0.15) is 57.8 Å². The number of hydrogen-bond acceptors (Lipinski definition) is 8. The van der Waals surface area contributed by atoms with Crippen LogP contribution in [-0.2, 0) is 28.4 Å². The SMILES string of the molecule is CN1CCCCC1=O.CN1CCCCC1=O.CN1CCCNC1=O.COC[C@H]1CCCN1C.Cn1ccccc1=O.Cn1cncn1. The number of likely N-dealkylation sites (tertiary alicyclic amines) is 3. The largest absolute Gasteiger partial charge is 0.383 e. The molecule has 6 rings (SSSR count). The van der Waals surface area contributed by atoms with Crippen LogP contribution in [0.15, 0.2) is 41.8 Å². The Bertz CT molecular complexity index is 1130. The summed E-state index contributed by atoms with van der Waals surface area (Å²) < 4.78 is 8.22. The average Bonchev–Trinajstić information content (AvgIpc) is 3.71. The Hall–Kier alpha value is -3.78. The summed E-state index contributed by atoms with van der Waals surface area (Å²) in [6, 6.07) is 5.82. The minimum atomic E-state index is 0.0347. The molecule has 4 aliphatic rings. The quantitative estimate of drug-likeness (QED) is 0.517. The molecule has 0 saturated carbocycles. The Morgan fingerprint density at radius 3 is 1.70 bits per heavy atom. The molecule has 4 fully saturated rings. The number of nitrogens with one attached hydrogen (secondary N) is 1. The van der Waals surface area contributed by atoms with Crippen LogP contribution in [0.2, 0.25) is 0 Å². The first-order valence-electron chi connectivity index (χ1n) is 16.5. The average molecular weight is 662 g/mol. The second-order valence-corrected chi connectivity index (χ2v) is 12.0. The summed E-state index contributed by atoms with van der Waals surface area (Å²) in [6.07, 6.45) is 14.6. The molecule has 47 heavy (non-hydrogen) atoms. The van der Waals surface area contributed by atoms with Crippen LogP contribution >= 0.6 is 0 Å². The van der Waals surface area contributed by atoms with Crippen molar-refractivity contribution in [3.8, 4) is 0 Å². The lowest BCUT2D eigenvalue weighted by atomic mass is 10.1. The van der Waals surface area contributed by atoms with E-state index >= 15 is 0 Å². The Balaban J connectivity index is 0.000000283. The van der Waals surface area contributed by atoms with Crippen molar-refractivity contribution in [3.63, 3.8) is 0 Å². The highest BCUT2D eigenvalue weighted by Gasteiger charge is 2.19. The predicted octanol–water partition coefficient (Wildman–Crippen LogP) is 2.22. The van der Waals surface area contributed by atoms with Crippen molar-refractivity contribution in [2.75, 3.05) is 74.6 Å². The first-order valence-corrected chi connectivity index (χ1v) is 16.5. The number of methoxy groups -OCH3 is 1. The zero-order valence-electron chi connectivity index (χ0n) is 29.8. The van der Waals surface area contributed by atoms with Gasteiger partial charge in [-0.3, -0.25) is 19.1 Å². The van der Waals surface area contributed by atoms with Crippen molar-refractivity contribution in [2.24, 2.45) is 14.1 Å². The monoisotopic (exact) mass is 661 g/mol. The van der Waals surface area contributed by atoms with E-state index in [1.54, 1.807) is 59.2 Å². The predicted molar refractivity (Wildman–Crippen MR) is 184 cm³/mol. The van der Waals surface area contributed by atoms with Crippen molar-refractivity contribution >= 4 is 17.8 Å². The first kappa shape index (κ1) is 41.2. The van der Waals surface area contributed by atoms with Gasteiger partial charge in [0.2, 0.25) is 17.4 Å². The summed E-state index contributed by atoms with van der Waals surface area (Å²) >= 11 is 0. The number of rotatable bonds is 2. The van der Waals surface area contributed by atoms with Gasteiger partial charge in [0.25, 0.3) is 0 Å². The third-order valence-electron chi connectivity index (χ3n) is 7.99. The van der Waals surface area contributed by atoms with Crippen LogP contribution in [0.25, 0.3) is 0 Å². The smallest absolute Gasteiger partial charge is 0.317 e. The Morgan fingerprint density at radius 2 is 1.40 bits per heavy atom. The van der Waals surface area contributed by atoms with Gasteiger partial charge in [-0.2, -0.15) is 5.10 Å². The number of carbonyl (C=O) groups is 3. The molecule has 266 valence electrons. The van der Waals surface area contributed by atoms with Gasteiger partial charge >= 0.3 is 6.03 Å². The first-order chi connectivity index (χ1) is 22.5. The summed E-state index contributed by atoms with van der Waals surface area (Å²) in [4.78, 5) is 53.9. The summed E-state index contributed by atoms with van der Waals surface area (Å²) in [5.41, 5.74) is 0.0347. The molecule has 1 atom stereocenters. The van der Waals surface area contributed by atoms with Gasteiger partial charge in [-0.25, -0.2) is 9.78 Å². The fourth-order valence-corrected chi connectivity index (χ4v) is 4.79. The molecule has 0 aliphatic carbocycles. The number of aryl methyl sites for hydroxylation is 2. The summed E-state index contributed by atoms with van der Waals surface area (Å²) in [5, 5.41) is 6.44. The molecule has 0 aromatic carbocycles. The second kappa shape index (κ2) is 24.4. The highest BCUT2D eigenvalue weighted by atomic mass is 16.5. The molecule has 2 aromatic rings. The van der Waals surface area contributed by atoms with Gasteiger partial charge in [0.15, 0.2) is 0 Å². The van der Waals surface area contributed by atoms with E-state index in [-0.39, 0.29) is 11.6 Å². The van der Waals surface area contributed by atoms with Crippen LogP contribution in [0.5, 0.6) is 0 Å². The molecule has 0 unspecified atom stereocenters. The van der Waals surface area contributed by atoms with Crippen LogP contribution in [0.4, 0.5) is 4.79 Å². The zero-order valence-corrected chi connectivity index (χ0v) is 29.8. The van der Waals surface area contributed by atoms with Gasteiger partial charge in [0.05, 0.1) is 6.61 Å². The normalized spacial score (nSPS) is 19.2. The number of likely N-dealkylation sites (N-methyl/N-ethyl adjacent to an activating group) is 1. The fraction of sp³-hybridized carbons (Fsp3) is 0.697. The van der Waals surface area contributed by atoms with Crippen molar-refractivity contribution in [1.82, 2.24) is 44.2 Å². The molecule has 4 saturated heterocycles. The van der Waals surface area contributed by atoms with Crippen LogP contribution in [-0.4, -0.2) is 137 Å². The molecule has 0 spiro atoms. The minimum absolute atomic E-state index is 0.0347. The number of piperidine rings is 2. The van der Waals surface area contributed by atoms with Crippen LogP contribution in [0.3, 0.4) is 0 Å². The van der Waals surface area contributed by atoms with E-state index in [1.165, 1.54) is 49.2 Å². The number of urea groups is 1. The maximum absolute atomic E-state index is 10.7. The molecule has 14 nitrogen and oxygen atoms in total. The van der Waals surface area contributed by atoms with Gasteiger partial charge in [-0.1, -0.05) is 6.07 Å². The van der Waals surface area contributed by atoms with Gasteiger partial charge in [-0.05, 0) is 64.6 Å². The Morgan fingerprint density at radius 1 is 0.787 bits per heavy atom. The number of carbonyl (C=O) groups excluding carboxylic acids is 3. The van der Waals surface area contributed by atoms with E-state index in [2.05, 4.69) is 27.3 Å². The molecule has 4 amide bonds. The number of nitrogens with zero attached hydrogens (tertiary/aromatic N) is 8. The number of ether oxygens (including phenoxy) is 1. The van der Waals surface area contributed by atoms with Crippen molar-refractivity contribution < 1.29 is 19.1 Å². The highest BCUT2D eigenvalue weighted by Crippen LogP contribution is 2.14. The van der Waals surface area contributed by atoms with Gasteiger partial charge in [0, 0.05) is 99.7 Å².